The SMILES string of the molecule is O=C(OC[C@H]1CCCO1)C1CCN(C(=O)N2CCCC2)CC1. The van der Waals surface area contributed by atoms with Crippen molar-refractivity contribution in [3.63, 3.8) is 0 Å². The molecule has 3 rings (SSSR count). The van der Waals surface area contributed by atoms with E-state index < -0.39 is 0 Å². The van der Waals surface area contributed by atoms with Crippen molar-refractivity contribution in [1.82, 2.24) is 9.80 Å². The van der Waals surface area contributed by atoms with Gasteiger partial charge in [-0.1, -0.05) is 0 Å². The molecule has 0 bridgehead atoms. The smallest absolute Gasteiger partial charge is 0.319 e. The van der Waals surface area contributed by atoms with Gasteiger partial charge in [-0.3, -0.25) is 4.79 Å². The molecule has 22 heavy (non-hydrogen) atoms. The van der Waals surface area contributed by atoms with Crippen molar-refractivity contribution in [2.24, 2.45) is 5.92 Å². The van der Waals surface area contributed by atoms with Crippen LogP contribution in [0.3, 0.4) is 0 Å². The lowest BCUT2D eigenvalue weighted by atomic mass is 9.97. The number of likely N-dealkylation sites (tertiary alicyclic amines) is 2. The average molecular weight is 310 g/mol. The molecular weight excluding hydrogens is 284 g/mol. The zero-order chi connectivity index (χ0) is 15.4. The highest BCUT2D eigenvalue weighted by Crippen LogP contribution is 2.22. The highest BCUT2D eigenvalue weighted by molar-refractivity contribution is 5.76. The average Bonchev–Trinajstić information content (AvgIpc) is 3.25. The standard InChI is InChI=1S/C16H26N2O4/c19-15(22-12-14-4-3-11-21-14)13-5-9-18(10-6-13)16(20)17-7-1-2-8-17/h13-14H,1-12H2/t14-/m1/s1. The second kappa shape index (κ2) is 7.31. The Kier molecular flexibility index (Phi) is 5.18. The van der Waals surface area contributed by atoms with Crippen LogP contribution in [0.2, 0.25) is 0 Å². The molecule has 0 spiro atoms. The number of hydrogen-bond acceptors (Lipinski definition) is 4. The Bertz CT molecular complexity index is 395. The van der Waals surface area contributed by atoms with Gasteiger partial charge in [-0.2, -0.15) is 0 Å². The van der Waals surface area contributed by atoms with Gasteiger partial charge in [-0.05, 0) is 38.5 Å². The minimum Gasteiger partial charge on any atom is -0.463 e. The molecule has 0 saturated carbocycles. The third kappa shape index (κ3) is 3.72. The van der Waals surface area contributed by atoms with Crippen molar-refractivity contribution in [1.29, 1.82) is 0 Å². The number of hydrogen-bond donors (Lipinski definition) is 0. The number of esters is 1. The van der Waals surface area contributed by atoms with Crippen LogP contribution in [0.1, 0.15) is 38.5 Å². The molecule has 3 aliphatic rings. The zero-order valence-corrected chi connectivity index (χ0v) is 13.2. The first kappa shape index (κ1) is 15.6. The molecule has 2 amide bonds. The summed E-state index contributed by atoms with van der Waals surface area (Å²) in [6.45, 7) is 4.24. The maximum absolute atomic E-state index is 12.3. The third-order valence-electron chi connectivity index (χ3n) is 4.91. The van der Waals surface area contributed by atoms with Crippen LogP contribution in [0.15, 0.2) is 0 Å². The molecule has 3 aliphatic heterocycles. The summed E-state index contributed by atoms with van der Waals surface area (Å²) in [5, 5.41) is 0. The molecule has 3 heterocycles. The lowest BCUT2D eigenvalue weighted by molar-refractivity contribution is -0.153. The van der Waals surface area contributed by atoms with Crippen molar-refractivity contribution in [3.8, 4) is 0 Å². The first-order valence-corrected chi connectivity index (χ1v) is 8.56. The van der Waals surface area contributed by atoms with Crippen LogP contribution in [0, 0.1) is 5.92 Å². The largest absolute Gasteiger partial charge is 0.463 e. The van der Waals surface area contributed by atoms with Gasteiger partial charge < -0.3 is 19.3 Å². The zero-order valence-electron chi connectivity index (χ0n) is 13.2. The number of rotatable bonds is 3. The first-order chi connectivity index (χ1) is 10.7. The van der Waals surface area contributed by atoms with Gasteiger partial charge in [-0.15, -0.1) is 0 Å². The lowest BCUT2D eigenvalue weighted by Gasteiger charge is -2.33. The molecule has 6 heteroatoms. The summed E-state index contributed by atoms with van der Waals surface area (Å²) in [7, 11) is 0. The molecule has 3 saturated heterocycles. The molecule has 0 aromatic carbocycles. The van der Waals surface area contributed by atoms with Crippen molar-refractivity contribution in [2.45, 2.75) is 44.6 Å². The van der Waals surface area contributed by atoms with E-state index in [0.29, 0.717) is 32.5 Å². The second-order valence-electron chi connectivity index (χ2n) is 6.50. The lowest BCUT2D eigenvalue weighted by Crippen LogP contribution is -2.46. The van der Waals surface area contributed by atoms with Gasteiger partial charge in [0.2, 0.25) is 0 Å². The van der Waals surface area contributed by atoms with E-state index in [1.54, 1.807) is 0 Å². The predicted octanol–water partition coefficient (Wildman–Crippen LogP) is 1.64. The fraction of sp³-hybridized carbons (Fsp3) is 0.875. The number of ether oxygens (including phenoxy) is 2. The van der Waals surface area contributed by atoms with Gasteiger partial charge in [0.15, 0.2) is 0 Å². The monoisotopic (exact) mass is 310 g/mol. The molecule has 3 fully saturated rings. The molecule has 0 aromatic rings. The molecule has 0 radical (unpaired) electrons. The number of piperidine rings is 1. The molecule has 0 N–H and O–H groups in total. The van der Waals surface area contributed by atoms with Gasteiger partial charge in [0.1, 0.15) is 6.61 Å². The second-order valence-corrected chi connectivity index (χ2v) is 6.50. The van der Waals surface area contributed by atoms with E-state index in [-0.39, 0.29) is 24.0 Å². The highest BCUT2D eigenvalue weighted by Gasteiger charge is 2.31. The normalized spacial score (nSPS) is 26.5. The van der Waals surface area contributed by atoms with E-state index in [9.17, 15) is 9.59 Å². The maximum Gasteiger partial charge on any atom is 0.319 e. The van der Waals surface area contributed by atoms with E-state index in [2.05, 4.69) is 0 Å². The quantitative estimate of drug-likeness (QED) is 0.744. The molecule has 1 atom stereocenters. The van der Waals surface area contributed by atoms with Crippen molar-refractivity contribution in [3.05, 3.63) is 0 Å². The first-order valence-electron chi connectivity index (χ1n) is 8.56. The Hall–Kier alpha value is -1.30. The predicted molar refractivity (Wildman–Crippen MR) is 80.4 cm³/mol. The van der Waals surface area contributed by atoms with E-state index >= 15 is 0 Å². The van der Waals surface area contributed by atoms with E-state index in [1.165, 1.54) is 0 Å². The van der Waals surface area contributed by atoms with Gasteiger partial charge >= 0.3 is 12.0 Å². The van der Waals surface area contributed by atoms with Gasteiger partial charge in [0.25, 0.3) is 0 Å². The molecule has 6 nitrogen and oxygen atoms in total. The Morgan fingerprint density at radius 1 is 0.955 bits per heavy atom. The minimum absolute atomic E-state index is 0.0657. The fourth-order valence-electron chi connectivity index (χ4n) is 3.48. The number of carbonyl (C=O) groups excluding carboxylic acids is 2. The summed E-state index contributed by atoms with van der Waals surface area (Å²) in [6.07, 6.45) is 5.76. The molecule has 0 unspecified atom stereocenters. The van der Waals surface area contributed by atoms with Gasteiger partial charge in [-0.25, -0.2) is 4.79 Å². The summed E-state index contributed by atoms with van der Waals surface area (Å²) < 4.78 is 10.8. The third-order valence-corrected chi connectivity index (χ3v) is 4.91. The van der Waals surface area contributed by atoms with Crippen LogP contribution in [0.4, 0.5) is 4.79 Å². The van der Waals surface area contributed by atoms with Crippen LogP contribution in [-0.4, -0.2) is 67.3 Å². The number of carbonyl (C=O) groups is 2. The summed E-state index contributed by atoms with van der Waals surface area (Å²) in [5.74, 6) is -0.187. The summed E-state index contributed by atoms with van der Waals surface area (Å²) in [6, 6.07) is 0.142. The number of amides is 2. The van der Waals surface area contributed by atoms with Crippen LogP contribution >= 0.6 is 0 Å². The molecule has 0 aromatic heterocycles. The maximum atomic E-state index is 12.3. The summed E-state index contributed by atoms with van der Waals surface area (Å²) >= 11 is 0. The van der Waals surface area contributed by atoms with Crippen molar-refractivity contribution >= 4 is 12.0 Å². The Morgan fingerprint density at radius 3 is 2.27 bits per heavy atom. The van der Waals surface area contributed by atoms with Crippen LogP contribution in [0.25, 0.3) is 0 Å². The topological polar surface area (TPSA) is 59.1 Å². The summed E-state index contributed by atoms with van der Waals surface area (Å²) in [4.78, 5) is 28.2. The van der Waals surface area contributed by atoms with Crippen LogP contribution in [-0.2, 0) is 14.3 Å². The molecular formula is C16H26N2O4. The van der Waals surface area contributed by atoms with Gasteiger partial charge in [0, 0.05) is 32.8 Å². The molecule has 0 aliphatic carbocycles. The van der Waals surface area contributed by atoms with Crippen LogP contribution < -0.4 is 0 Å². The van der Waals surface area contributed by atoms with Crippen molar-refractivity contribution < 1.29 is 19.1 Å². The summed E-state index contributed by atoms with van der Waals surface area (Å²) in [5.41, 5.74) is 0. The Balaban J connectivity index is 1.38. The van der Waals surface area contributed by atoms with Crippen LogP contribution in [0.5, 0.6) is 0 Å². The fourth-order valence-corrected chi connectivity index (χ4v) is 3.48. The number of urea groups is 1. The Morgan fingerprint density at radius 2 is 1.64 bits per heavy atom. The van der Waals surface area contributed by atoms with Gasteiger partial charge in [0.05, 0.1) is 12.0 Å². The number of nitrogens with zero attached hydrogens (tertiary/aromatic N) is 2. The molecule has 124 valence electrons. The Labute approximate surface area is 131 Å². The van der Waals surface area contributed by atoms with E-state index in [4.69, 9.17) is 9.47 Å². The highest BCUT2D eigenvalue weighted by atomic mass is 16.6. The van der Waals surface area contributed by atoms with E-state index in [0.717, 1.165) is 45.4 Å². The minimum atomic E-state index is -0.122. The van der Waals surface area contributed by atoms with E-state index in [1.807, 2.05) is 9.80 Å². The van der Waals surface area contributed by atoms with Crippen molar-refractivity contribution in [2.75, 3.05) is 39.4 Å².